The van der Waals surface area contributed by atoms with Gasteiger partial charge in [0.25, 0.3) is 0 Å². The third kappa shape index (κ3) is 7.76. The first-order valence-corrected chi connectivity index (χ1v) is 15.2. The zero-order valence-electron chi connectivity index (χ0n) is 25.3. The highest BCUT2D eigenvalue weighted by Crippen LogP contribution is 2.31. The third-order valence-corrected chi connectivity index (χ3v) is 8.16. The number of benzene rings is 3. The first kappa shape index (κ1) is 31.5. The summed E-state index contributed by atoms with van der Waals surface area (Å²) in [7, 11) is 0. The van der Waals surface area contributed by atoms with Crippen molar-refractivity contribution in [2.45, 2.75) is 58.0 Å². The van der Waals surface area contributed by atoms with Crippen molar-refractivity contribution in [2.24, 2.45) is 0 Å². The number of carbonyl (C=O) groups excluding carboxylic acids is 3. The molecule has 0 bridgehead atoms. The number of hydrogen-bond donors (Lipinski definition) is 1. The lowest BCUT2D eigenvalue weighted by Crippen LogP contribution is -2.53. The summed E-state index contributed by atoms with van der Waals surface area (Å²) in [6, 6.07) is 21.3. The molecule has 0 radical (unpaired) electrons. The van der Waals surface area contributed by atoms with Crippen molar-refractivity contribution in [2.75, 3.05) is 26.2 Å². The van der Waals surface area contributed by atoms with Crippen molar-refractivity contribution >= 4 is 29.5 Å². The topological polar surface area (TPSA) is 82.2 Å². The van der Waals surface area contributed by atoms with Crippen LogP contribution < -0.4 is 5.32 Å². The number of hydrogen-bond acceptors (Lipinski definition) is 5. The van der Waals surface area contributed by atoms with Gasteiger partial charge in [0.1, 0.15) is 17.5 Å². The predicted octanol–water partition coefficient (Wildman–Crippen LogP) is 5.54. The number of alkyl carbamates (subject to hydrolysis) is 1. The monoisotopic (exact) mass is 620 g/mol. The van der Waals surface area contributed by atoms with Gasteiger partial charge < -0.3 is 19.9 Å². The number of carbonyl (C=O) groups is 3. The van der Waals surface area contributed by atoms with Crippen molar-refractivity contribution in [3.05, 3.63) is 106 Å². The van der Waals surface area contributed by atoms with Crippen LogP contribution in [0.15, 0.2) is 72.8 Å². The molecule has 0 spiro atoms. The zero-order valence-corrected chi connectivity index (χ0v) is 26.0. The van der Waals surface area contributed by atoms with Crippen LogP contribution in [0.3, 0.4) is 0 Å². The molecule has 5 rings (SSSR count). The summed E-state index contributed by atoms with van der Waals surface area (Å²) in [6.07, 6.45) is -0.983. The Balaban J connectivity index is 1.27. The highest BCUT2D eigenvalue weighted by Gasteiger charge is 2.35. The number of ether oxygens (including phenoxy) is 1. The minimum Gasteiger partial charge on any atom is -0.444 e. The molecule has 1 saturated heterocycles. The first-order valence-electron chi connectivity index (χ1n) is 14.8. The summed E-state index contributed by atoms with van der Waals surface area (Å²) in [5, 5.41) is 3.31. The molecule has 44 heavy (non-hydrogen) atoms. The molecule has 10 heteroatoms. The van der Waals surface area contributed by atoms with Gasteiger partial charge in [0, 0.05) is 44.3 Å². The molecule has 3 amide bonds. The predicted molar refractivity (Wildman–Crippen MR) is 166 cm³/mol. The molecule has 2 aliphatic rings. The fraction of sp³-hybridized carbons (Fsp3) is 0.382. The van der Waals surface area contributed by atoms with Crippen LogP contribution in [0.25, 0.3) is 0 Å². The van der Waals surface area contributed by atoms with Gasteiger partial charge in [-0.25, -0.2) is 9.18 Å². The molecular weight excluding hydrogens is 583 g/mol. The van der Waals surface area contributed by atoms with Gasteiger partial charge in [-0.2, -0.15) is 0 Å². The van der Waals surface area contributed by atoms with E-state index in [1.54, 1.807) is 31.7 Å². The smallest absolute Gasteiger partial charge is 0.408 e. The van der Waals surface area contributed by atoms with Gasteiger partial charge in [-0.05, 0) is 67.3 Å². The lowest BCUT2D eigenvalue weighted by atomic mass is 9.96. The van der Waals surface area contributed by atoms with E-state index >= 15 is 0 Å². The van der Waals surface area contributed by atoms with Crippen LogP contribution in [-0.4, -0.2) is 70.4 Å². The summed E-state index contributed by atoms with van der Waals surface area (Å²) < 4.78 is 19.2. The van der Waals surface area contributed by atoms with Gasteiger partial charge in [0.05, 0.1) is 12.5 Å². The fourth-order valence-electron chi connectivity index (χ4n) is 5.82. The summed E-state index contributed by atoms with van der Waals surface area (Å²) in [6.45, 7) is 7.86. The number of fused-ring (bicyclic) bond motifs is 1. The summed E-state index contributed by atoms with van der Waals surface area (Å²) in [5.41, 5.74) is 3.03. The minimum atomic E-state index is -1.12. The highest BCUT2D eigenvalue weighted by molar-refractivity contribution is 6.30. The number of nitrogens with one attached hydrogen (secondary N) is 1. The van der Waals surface area contributed by atoms with Crippen LogP contribution in [0.2, 0.25) is 5.02 Å². The Hall–Kier alpha value is -3.95. The lowest BCUT2D eigenvalue weighted by molar-refractivity contribution is -0.140. The van der Waals surface area contributed by atoms with Gasteiger partial charge in [-0.1, -0.05) is 60.1 Å². The molecule has 8 nitrogen and oxygen atoms in total. The molecule has 0 aliphatic carbocycles. The first-order chi connectivity index (χ1) is 21.0. The van der Waals surface area contributed by atoms with Crippen LogP contribution >= 0.6 is 11.6 Å². The van der Waals surface area contributed by atoms with Gasteiger partial charge in [0.15, 0.2) is 0 Å². The molecule has 3 aromatic carbocycles. The molecule has 1 unspecified atom stereocenters. The zero-order chi connectivity index (χ0) is 31.4. The Morgan fingerprint density at radius 2 is 1.50 bits per heavy atom. The van der Waals surface area contributed by atoms with E-state index in [4.69, 9.17) is 16.3 Å². The lowest BCUT2D eigenvalue weighted by Gasteiger charge is -2.40. The second-order valence-corrected chi connectivity index (χ2v) is 12.7. The fourth-order valence-corrected chi connectivity index (χ4v) is 5.94. The molecule has 0 aromatic heterocycles. The number of piperazine rings is 1. The second-order valence-electron chi connectivity index (χ2n) is 12.3. The maximum Gasteiger partial charge on any atom is 0.408 e. The molecule has 232 valence electrons. The summed E-state index contributed by atoms with van der Waals surface area (Å²) >= 11 is 6.17. The van der Waals surface area contributed by atoms with Gasteiger partial charge >= 0.3 is 6.09 Å². The van der Waals surface area contributed by atoms with Crippen molar-refractivity contribution in [1.82, 2.24) is 20.0 Å². The third-order valence-electron chi connectivity index (χ3n) is 7.90. The van der Waals surface area contributed by atoms with Crippen molar-refractivity contribution in [1.29, 1.82) is 0 Å². The van der Waals surface area contributed by atoms with Crippen LogP contribution in [0.4, 0.5) is 9.18 Å². The minimum absolute atomic E-state index is 0.00415. The summed E-state index contributed by atoms with van der Waals surface area (Å²) in [4.78, 5) is 45.6. The van der Waals surface area contributed by atoms with Gasteiger partial charge in [-0.3, -0.25) is 14.5 Å². The molecule has 1 N–H and O–H groups in total. The van der Waals surface area contributed by atoms with Crippen molar-refractivity contribution < 1.29 is 23.5 Å². The van der Waals surface area contributed by atoms with E-state index in [-0.39, 0.29) is 37.3 Å². The van der Waals surface area contributed by atoms with Crippen molar-refractivity contribution in [3.63, 3.8) is 0 Å². The van der Waals surface area contributed by atoms with Crippen LogP contribution in [0.5, 0.6) is 0 Å². The standard InChI is InChI=1S/C34H38ClFN4O4/c1-34(2,3)44-33(43)37-29(32(42)40-21-25-11-14-28(36)19-26(25)22-40)20-30(41)38-15-17-39(18-16-38)31(23-7-5-4-6-8-23)24-9-12-27(35)13-10-24/h4-14,19,29,31H,15-18,20-22H2,1-3H3,(H,37,43)/t29-,31?/m0/s1. The molecule has 1 fully saturated rings. The number of amides is 3. The Kier molecular flexibility index (Phi) is 9.56. The highest BCUT2D eigenvalue weighted by atomic mass is 35.5. The Morgan fingerprint density at radius 1 is 0.864 bits per heavy atom. The molecular formula is C34H38ClFN4O4. The number of nitrogens with zero attached hydrogens (tertiary/aromatic N) is 3. The summed E-state index contributed by atoms with van der Waals surface area (Å²) in [5.74, 6) is -1.02. The maximum atomic E-state index is 13.8. The molecule has 0 saturated carbocycles. The molecule has 2 atom stereocenters. The number of halogens is 2. The largest absolute Gasteiger partial charge is 0.444 e. The van der Waals surface area contributed by atoms with E-state index in [0.717, 1.165) is 16.7 Å². The Labute approximate surface area is 262 Å². The molecule has 2 heterocycles. The van der Waals surface area contributed by atoms with Crippen molar-refractivity contribution in [3.8, 4) is 0 Å². The molecule has 3 aromatic rings. The van der Waals surface area contributed by atoms with Crippen LogP contribution in [0, 0.1) is 5.82 Å². The van der Waals surface area contributed by atoms with Crippen LogP contribution in [0.1, 0.15) is 55.5 Å². The van der Waals surface area contributed by atoms with E-state index in [9.17, 15) is 18.8 Å². The average molecular weight is 621 g/mol. The van der Waals surface area contributed by atoms with Gasteiger partial charge in [-0.15, -0.1) is 0 Å². The maximum absolute atomic E-state index is 13.8. The normalized spacial score (nSPS) is 16.7. The Morgan fingerprint density at radius 3 is 2.16 bits per heavy atom. The number of rotatable bonds is 7. The second kappa shape index (κ2) is 13.4. The Bertz CT molecular complexity index is 1490. The molecule has 2 aliphatic heterocycles. The van der Waals surface area contributed by atoms with Crippen LogP contribution in [-0.2, 0) is 27.4 Å². The van der Waals surface area contributed by atoms with Gasteiger partial charge in [0.2, 0.25) is 11.8 Å². The van der Waals surface area contributed by atoms with E-state index < -0.39 is 23.6 Å². The SMILES string of the molecule is CC(C)(C)OC(=O)N[C@@H](CC(=O)N1CCN(C(c2ccccc2)c2ccc(Cl)cc2)CC1)C(=O)N1Cc2ccc(F)cc2C1. The van der Waals surface area contributed by atoms with E-state index in [2.05, 4.69) is 22.3 Å². The van der Waals surface area contributed by atoms with E-state index in [1.165, 1.54) is 17.0 Å². The quantitative estimate of drug-likeness (QED) is 0.375. The average Bonchev–Trinajstić information content (AvgIpc) is 3.41. The van der Waals surface area contributed by atoms with E-state index in [1.807, 2.05) is 42.5 Å². The van der Waals surface area contributed by atoms with E-state index in [0.29, 0.717) is 36.8 Å².